The van der Waals surface area contributed by atoms with Crippen molar-refractivity contribution >= 4 is 17.7 Å². The standard InChI is InChI=1S/C12H20O2S/c1-9-7-8-12(9,11(13)14)15-10-5-3-2-4-6-10/h9-10H,2-8H2,1H3,(H,13,14). The number of carboxylic acids is 1. The monoisotopic (exact) mass is 228 g/mol. The van der Waals surface area contributed by atoms with E-state index in [0.717, 1.165) is 12.8 Å². The van der Waals surface area contributed by atoms with Gasteiger partial charge in [0.25, 0.3) is 0 Å². The van der Waals surface area contributed by atoms with Crippen molar-refractivity contribution in [2.24, 2.45) is 5.92 Å². The summed E-state index contributed by atoms with van der Waals surface area (Å²) in [5.74, 6) is -0.209. The highest BCUT2D eigenvalue weighted by Crippen LogP contribution is 2.52. The highest BCUT2D eigenvalue weighted by molar-refractivity contribution is 8.02. The molecule has 2 aliphatic carbocycles. The first-order chi connectivity index (χ1) is 7.15. The van der Waals surface area contributed by atoms with E-state index in [4.69, 9.17) is 0 Å². The molecule has 0 aromatic rings. The molecule has 0 amide bonds. The molecular weight excluding hydrogens is 208 g/mol. The van der Waals surface area contributed by atoms with E-state index >= 15 is 0 Å². The maximum atomic E-state index is 11.4. The maximum absolute atomic E-state index is 11.4. The van der Waals surface area contributed by atoms with E-state index in [2.05, 4.69) is 6.92 Å². The predicted octanol–water partition coefficient (Wildman–Crippen LogP) is 3.31. The van der Waals surface area contributed by atoms with Gasteiger partial charge in [-0.25, -0.2) is 0 Å². The lowest BCUT2D eigenvalue weighted by molar-refractivity contribution is -0.144. The van der Waals surface area contributed by atoms with Crippen molar-refractivity contribution in [1.29, 1.82) is 0 Å². The first-order valence-electron chi connectivity index (χ1n) is 6.06. The van der Waals surface area contributed by atoms with Crippen LogP contribution in [0.25, 0.3) is 0 Å². The topological polar surface area (TPSA) is 37.3 Å². The molecule has 2 aliphatic rings. The number of thioether (sulfide) groups is 1. The Morgan fingerprint density at radius 1 is 1.27 bits per heavy atom. The molecule has 86 valence electrons. The number of carboxylic acid groups (broad SMARTS) is 1. The summed E-state index contributed by atoms with van der Waals surface area (Å²) in [5, 5.41) is 9.97. The molecule has 2 fully saturated rings. The summed E-state index contributed by atoms with van der Waals surface area (Å²) in [6, 6.07) is 0. The van der Waals surface area contributed by atoms with Crippen LogP contribution >= 0.6 is 11.8 Å². The summed E-state index contributed by atoms with van der Waals surface area (Å²) in [4.78, 5) is 11.4. The second kappa shape index (κ2) is 4.36. The van der Waals surface area contributed by atoms with Crippen molar-refractivity contribution in [2.45, 2.75) is 61.9 Å². The van der Waals surface area contributed by atoms with Crippen LogP contribution < -0.4 is 0 Å². The van der Waals surface area contributed by atoms with Gasteiger partial charge in [0.2, 0.25) is 0 Å². The number of aliphatic carboxylic acids is 1. The molecule has 0 heterocycles. The third kappa shape index (κ3) is 2.03. The molecule has 2 unspecified atom stereocenters. The van der Waals surface area contributed by atoms with Gasteiger partial charge in [0.05, 0.1) is 0 Å². The predicted molar refractivity (Wildman–Crippen MR) is 63.2 cm³/mol. The molecule has 0 bridgehead atoms. The largest absolute Gasteiger partial charge is 0.480 e. The van der Waals surface area contributed by atoms with Crippen molar-refractivity contribution in [3.63, 3.8) is 0 Å². The molecule has 0 aromatic heterocycles. The molecular formula is C12H20O2S. The zero-order valence-corrected chi connectivity index (χ0v) is 10.2. The fourth-order valence-electron chi connectivity index (χ4n) is 2.72. The van der Waals surface area contributed by atoms with E-state index in [1.54, 1.807) is 11.8 Å². The Morgan fingerprint density at radius 3 is 2.33 bits per heavy atom. The van der Waals surface area contributed by atoms with Gasteiger partial charge in [0.15, 0.2) is 0 Å². The molecule has 15 heavy (non-hydrogen) atoms. The first kappa shape index (κ1) is 11.3. The lowest BCUT2D eigenvalue weighted by Gasteiger charge is -2.46. The van der Waals surface area contributed by atoms with Gasteiger partial charge < -0.3 is 5.11 Å². The highest BCUT2D eigenvalue weighted by atomic mass is 32.2. The van der Waals surface area contributed by atoms with Crippen molar-refractivity contribution in [2.75, 3.05) is 0 Å². The smallest absolute Gasteiger partial charge is 0.320 e. The normalized spacial score (nSPS) is 37.3. The lowest BCUT2D eigenvalue weighted by Crippen LogP contribution is -2.50. The van der Waals surface area contributed by atoms with Crippen LogP contribution in [0, 0.1) is 5.92 Å². The summed E-state index contributed by atoms with van der Waals surface area (Å²) in [5.41, 5.74) is 0. The van der Waals surface area contributed by atoms with E-state index in [1.165, 1.54) is 32.1 Å². The Kier molecular flexibility index (Phi) is 3.29. The molecule has 0 radical (unpaired) electrons. The van der Waals surface area contributed by atoms with Gasteiger partial charge >= 0.3 is 5.97 Å². The van der Waals surface area contributed by atoms with Gasteiger partial charge in [-0.1, -0.05) is 26.2 Å². The highest BCUT2D eigenvalue weighted by Gasteiger charge is 2.52. The molecule has 2 atom stereocenters. The van der Waals surface area contributed by atoms with Gasteiger partial charge in [0.1, 0.15) is 4.75 Å². The fourth-order valence-corrected chi connectivity index (χ4v) is 4.57. The molecule has 0 aromatic carbocycles. The summed E-state index contributed by atoms with van der Waals surface area (Å²) >= 11 is 1.77. The van der Waals surface area contributed by atoms with E-state index in [-0.39, 0.29) is 0 Å². The number of rotatable bonds is 3. The van der Waals surface area contributed by atoms with Gasteiger partial charge in [-0.15, -0.1) is 11.8 Å². The third-order valence-corrected chi connectivity index (χ3v) is 6.04. The Hall–Kier alpha value is -0.180. The van der Waals surface area contributed by atoms with E-state index < -0.39 is 10.7 Å². The summed E-state index contributed by atoms with van der Waals surface area (Å²) in [7, 11) is 0. The van der Waals surface area contributed by atoms with Crippen LogP contribution in [-0.4, -0.2) is 21.1 Å². The van der Waals surface area contributed by atoms with Crippen molar-refractivity contribution < 1.29 is 9.90 Å². The lowest BCUT2D eigenvalue weighted by atomic mass is 9.74. The zero-order chi connectivity index (χ0) is 10.9. The molecule has 2 rings (SSSR count). The second-order valence-electron chi connectivity index (χ2n) is 5.01. The van der Waals surface area contributed by atoms with Crippen molar-refractivity contribution in [3.8, 4) is 0 Å². The van der Waals surface area contributed by atoms with Gasteiger partial charge in [-0.05, 0) is 31.6 Å². The molecule has 2 saturated carbocycles. The summed E-state index contributed by atoms with van der Waals surface area (Å²) in [6.45, 7) is 2.09. The van der Waals surface area contributed by atoms with Crippen LogP contribution in [0.15, 0.2) is 0 Å². The molecule has 3 heteroatoms. The molecule has 2 nitrogen and oxygen atoms in total. The molecule has 0 aliphatic heterocycles. The molecule has 0 saturated heterocycles. The summed E-state index contributed by atoms with van der Waals surface area (Å²) < 4.78 is -0.429. The van der Waals surface area contributed by atoms with Crippen LogP contribution in [0.5, 0.6) is 0 Å². The van der Waals surface area contributed by atoms with Crippen LogP contribution in [0.1, 0.15) is 51.9 Å². The maximum Gasteiger partial charge on any atom is 0.320 e. The first-order valence-corrected chi connectivity index (χ1v) is 6.94. The minimum atomic E-state index is -0.572. The van der Waals surface area contributed by atoms with E-state index in [0.29, 0.717) is 11.2 Å². The third-order valence-electron chi connectivity index (χ3n) is 4.04. The number of hydrogen-bond donors (Lipinski definition) is 1. The number of hydrogen-bond acceptors (Lipinski definition) is 2. The average Bonchev–Trinajstić information content (AvgIpc) is 2.24. The van der Waals surface area contributed by atoms with E-state index in [9.17, 15) is 9.90 Å². The van der Waals surface area contributed by atoms with Crippen LogP contribution in [0.4, 0.5) is 0 Å². The fraction of sp³-hybridized carbons (Fsp3) is 0.917. The van der Waals surface area contributed by atoms with Crippen molar-refractivity contribution in [3.05, 3.63) is 0 Å². The minimum Gasteiger partial charge on any atom is -0.480 e. The quantitative estimate of drug-likeness (QED) is 0.805. The van der Waals surface area contributed by atoms with Crippen LogP contribution in [-0.2, 0) is 4.79 Å². The Labute approximate surface area is 95.8 Å². The van der Waals surface area contributed by atoms with Crippen LogP contribution in [0.2, 0.25) is 0 Å². The number of carbonyl (C=O) groups is 1. The van der Waals surface area contributed by atoms with E-state index in [1.807, 2.05) is 0 Å². The average molecular weight is 228 g/mol. The zero-order valence-electron chi connectivity index (χ0n) is 9.37. The Balaban J connectivity index is 1.97. The van der Waals surface area contributed by atoms with Crippen molar-refractivity contribution in [1.82, 2.24) is 0 Å². The Morgan fingerprint density at radius 2 is 1.93 bits per heavy atom. The SMILES string of the molecule is CC1CCC1(SC1CCCCC1)C(=O)O. The van der Waals surface area contributed by atoms with Gasteiger partial charge in [0, 0.05) is 5.25 Å². The molecule has 1 N–H and O–H groups in total. The molecule has 0 spiro atoms. The second-order valence-corrected chi connectivity index (χ2v) is 6.64. The van der Waals surface area contributed by atoms with Gasteiger partial charge in [-0.3, -0.25) is 4.79 Å². The summed E-state index contributed by atoms with van der Waals surface area (Å²) in [6.07, 6.45) is 8.35. The van der Waals surface area contributed by atoms with Crippen LogP contribution in [0.3, 0.4) is 0 Å². The Bertz CT molecular complexity index is 248. The minimum absolute atomic E-state index is 0.363. The van der Waals surface area contributed by atoms with Gasteiger partial charge in [-0.2, -0.15) is 0 Å².